The Hall–Kier alpha value is -1.36. The molecule has 0 radical (unpaired) electrons. The van der Waals surface area contributed by atoms with Gasteiger partial charge >= 0.3 is 5.97 Å². The van der Waals surface area contributed by atoms with E-state index in [1.165, 1.54) is 7.11 Å². The highest BCUT2D eigenvalue weighted by molar-refractivity contribution is 6.21. The Balaban J connectivity index is 2.02. The standard InChI is InChI=1S/C28H43ClO4/c1-5-6-9-13-25(31)28(2,3)21-17-15-20(16-18-21)27-22(23(29)19-24(27)30)12-10-7-8-11-14-26(32)33-4/h7,10,15-18,22-25,27,30-31H,5-6,8-9,11-14,19H2,1-4H3/b10-7-/t22-,23-,24+,25?,27+/m0/s1. The van der Waals surface area contributed by atoms with Crippen molar-refractivity contribution < 1.29 is 19.7 Å². The van der Waals surface area contributed by atoms with Crippen LogP contribution in [-0.2, 0) is 14.9 Å². The Morgan fingerprint density at radius 1 is 1.21 bits per heavy atom. The van der Waals surface area contributed by atoms with Crippen LogP contribution in [0.4, 0.5) is 0 Å². The number of carbonyl (C=O) groups is 1. The first-order valence-electron chi connectivity index (χ1n) is 12.5. The van der Waals surface area contributed by atoms with E-state index in [4.69, 9.17) is 11.6 Å². The van der Waals surface area contributed by atoms with Crippen molar-refractivity contribution in [3.8, 4) is 0 Å². The molecular weight excluding hydrogens is 436 g/mol. The highest BCUT2D eigenvalue weighted by Gasteiger charge is 2.41. The fraction of sp³-hybridized carbons (Fsp3) is 0.679. The summed E-state index contributed by atoms with van der Waals surface area (Å²) < 4.78 is 4.67. The molecule has 1 saturated carbocycles. The summed E-state index contributed by atoms with van der Waals surface area (Å²) in [6.07, 6.45) is 11.0. The van der Waals surface area contributed by atoms with Crippen LogP contribution in [0.1, 0.15) is 95.6 Å². The summed E-state index contributed by atoms with van der Waals surface area (Å²) >= 11 is 6.64. The number of methoxy groups -OCH3 is 1. The van der Waals surface area contributed by atoms with Gasteiger partial charge in [-0.25, -0.2) is 0 Å². The molecule has 5 heteroatoms. The molecule has 0 aromatic heterocycles. The molecule has 186 valence electrons. The number of alkyl halides is 1. The molecular formula is C28H43ClO4. The lowest BCUT2D eigenvalue weighted by molar-refractivity contribution is -0.140. The zero-order valence-electron chi connectivity index (χ0n) is 20.8. The van der Waals surface area contributed by atoms with Crippen molar-refractivity contribution in [1.82, 2.24) is 0 Å². The quantitative estimate of drug-likeness (QED) is 0.152. The maximum Gasteiger partial charge on any atom is 0.305 e. The predicted octanol–water partition coefficient (Wildman–Crippen LogP) is 6.27. The Morgan fingerprint density at radius 2 is 1.91 bits per heavy atom. The number of hydrogen-bond donors (Lipinski definition) is 2. The van der Waals surface area contributed by atoms with E-state index in [2.05, 4.69) is 61.9 Å². The molecule has 4 nitrogen and oxygen atoms in total. The molecule has 0 spiro atoms. The number of aliphatic hydroxyl groups excluding tert-OH is 2. The van der Waals surface area contributed by atoms with Crippen LogP contribution in [0.25, 0.3) is 0 Å². The van der Waals surface area contributed by atoms with Gasteiger partial charge in [0.2, 0.25) is 0 Å². The molecule has 0 aliphatic heterocycles. The summed E-state index contributed by atoms with van der Waals surface area (Å²) in [5, 5.41) is 21.5. The fourth-order valence-corrected chi connectivity index (χ4v) is 5.38. The minimum absolute atomic E-state index is 0.00106. The smallest absolute Gasteiger partial charge is 0.305 e. The topological polar surface area (TPSA) is 66.8 Å². The Bertz CT molecular complexity index is 743. The van der Waals surface area contributed by atoms with Gasteiger partial charge in [-0.3, -0.25) is 4.79 Å². The maximum absolute atomic E-state index is 11.2. The van der Waals surface area contributed by atoms with Gasteiger partial charge in [0.15, 0.2) is 0 Å². The lowest BCUT2D eigenvalue weighted by Gasteiger charge is -2.32. The number of ether oxygens (including phenoxy) is 1. The number of carbonyl (C=O) groups excluding carboxylic acids is 1. The molecule has 1 unspecified atom stereocenters. The number of rotatable bonds is 13. The van der Waals surface area contributed by atoms with Crippen LogP contribution in [0.2, 0.25) is 0 Å². The summed E-state index contributed by atoms with van der Waals surface area (Å²) in [6.45, 7) is 6.38. The first kappa shape index (κ1) is 27.9. The monoisotopic (exact) mass is 478 g/mol. The second kappa shape index (κ2) is 13.5. The zero-order chi connectivity index (χ0) is 24.4. The van der Waals surface area contributed by atoms with Crippen LogP contribution in [0, 0.1) is 5.92 Å². The second-order valence-electron chi connectivity index (χ2n) is 10.0. The van der Waals surface area contributed by atoms with Gasteiger partial charge in [-0.05, 0) is 49.1 Å². The molecule has 1 aliphatic carbocycles. The van der Waals surface area contributed by atoms with Crippen LogP contribution < -0.4 is 0 Å². The summed E-state index contributed by atoms with van der Waals surface area (Å²) in [6, 6.07) is 8.41. The SMILES string of the molecule is CCCCCC(O)C(C)(C)c1ccc([C@@H]2[C@@H](C/C=C\CCCC(=O)OC)[C@@H](Cl)C[C@H]2O)cc1. The van der Waals surface area contributed by atoms with E-state index >= 15 is 0 Å². The van der Waals surface area contributed by atoms with E-state index in [-0.39, 0.29) is 34.7 Å². The van der Waals surface area contributed by atoms with Crippen molar-refractivity contribution in [3.63, 3.8) is 0 Å². The third-order valence-electron chi connectivity index (χ3n) is 7.32. The van der Waals surface area contributed by atoms with Gasteiger partial charge in [0.25, 0.3) is 0 Å². The Kier molecular flexibility index (Phi) is 11.4. The Labute approximate surface area is 205 Å². The number of halogens is 1. The number of hydrogen-bond acceptors (Lipinski definition) is 4. The van der Waals surface area contributed by atoms with Gasteiger partial charge in [-0.15, -0.1) is 11.6 Å². The molecule has 2 rings (SSSR count). The van der Waals surface area contributed by atoms with Gasteiger partial charge < -0.3 is 14.9 Å². The highest BCUT2D eigenvalue weighted by Crippen LogP contribution is 2.45. The van der Waals surface area contributed by atoms with Crippen LogP contribution in [0.5, 0.6) is 0 Å². The van der Waals surface area contributed by atoms with E-state index in [1.807, 2.05) is 0 Å². The molecule has 0 amide bonds. The zero-order valence-corrected chi connectivity index (χ0v) is 21.6. The molecule has 1 aromatic carbocycles. The molecule has 1 aromatic rings. The fourth-order valence-electron chi connectivity index (χ4n) is 4.94. The van der Waals surface area contributed by atoms with Crippen LogP contribution in [0.3, 0.4) is 0 Å². The van der Waals surface area contributed by atoms with Gasteiger partial charge in [0.1, 0.15) is 0 Å². The van der Waals surface area contributed by atoms with Crippen LogP contribution in [-0.4, -0.2) is 40.9 Å². The molecule has 33 heavy (non-hydrogen) atoms. The lowest BCUT2D eigenvalue weighted by Crippen LogP contribution is -2.33. The first-order chi connectivity index (χ1) is 15.7. The van der Waals surface area contributed by atoms with Gasteiger partial charge in [-0.1, -0.05) is 76.5 Å². The molecule has 0 saturated heterocycles. The average Bonchev–Trinajstić information content (AvgIpc) is 3.08. The van der Waals surface area contributed by atoms with Crippen molar-refractivity contribution in [3.05, 3.63) is 47.5 Å². The normalized spacial score (nSPS) is 24.3. The van der Waals surface area contributed by atoms with Crippen LogP contribution in [0.15, 0.2) is 36.4 Å². The molecule has 1 fully saturated rings. The average molecular weight is 479 g/mol. The molecule has 1 aliphatic rings. The number of benzene rings is 1. The summed E-state index contributed by atoms with van der Waals surface area (Å²) in [7, 11) is 1.41. The molecule has 5 atom stereocenters. The number of aliphatic hydroxyl groups is 2. The van der Waals surface area contributed by atoms with Crippen molar-refractivity contribution in [2.45, 2.75) is 107 Å². The second-order valence-corrected chi connectivity index (χ2v) is 10.6. The van der Waals surface area contributed by atoms with Crippen molar-refractivity contribution in [1.29, 1.82) is 0 Å². The third-order valence-corrected chi connectivity index (χ3v) is 7.82. The molecule has 0 heterocycles. The first-order valence-corrected chi connectivity index (χ1v) is 13.0. The van der Waals surface area contributed by atoms with E-state index < -0.39 is 6.10 Å². The van der Waals surface area contributed by atoms with Crippen molar-refractivity contribution >= 4 is 17.6 Å². The molecule has 0 bridgehead atoms. The third kappa shape index (κ3) is 7.83. The Morgan fingerprint density at radius 3 is 2.55 bits per heavy atom. The van der Waals surface area contributed by atoms with E-state index in [0.29, 0.717) is 12.8 Å². The summed E-state index contributed by atoms with van der Waals surface area (Å²) in [5.41, 5.74) is 1.91. The summed E-state index contributed by atoms with van der Waals surface area (Å²) in [4.78, 5) is 11.2. The lowest BCUT2D eigenvalue weighted by atomic mass is 9.76. The maximum atomic E-state index is 11.2. The van der Waals surface area contributed by atoms with Crippen molar-refractivity contribution in [2.75, 3.05) is 7.11 Å². The highest BCUT2D eigenvalue weighted by atomic mass is 35.5. The van der Waals surface area contributed by atoms with E-state index in [1.54, 1.807) is 0 Å². The van der Waals surface area contributed by atoms with Gasteiger partial charge in [0.05, 0.1) is 19.3 Å². The number of unbranched alkanes of at least 4 members (excludes halogenated alkanes) is 3. The van der Waals surface area contributed by atoms with Crippen LogP contribution >= 0.6 is 11.6 Å². The summed E-state index contributed by atoms with van der Waals surface area (Å²) in [5.74, 6) is -0.0146. The minimum Gasteiger partial charge on any atom is -0.469 e. The van der Waals surface area contributed by atoms with Gasteiger partial charge in [0, 0.05) is 23.1 Å². The van der Waals surface area contributed by atoms with Gasteiger partial charge in [-0.2, -0.15) is 0 Å². The van der Waals surface area contributed by atoms with E-state index in [0.717, 1.165) is 56.1 Å². The molecule has 2 N–H and O–H groups in total. The van der Waals surface area contributed by atoms with Crippen molar-refractivity contribution in [2.24, 2.45) is 5.92 Å². The predicted molar refractivity (Wildman–Crippen MR) is 136 cm³/mol. The van der Waals surface area contributed by atoms with E-state index in [9.17, 15) is 15.0 Å². The largest absolute Gasteiger partial charge is 0.469 e. The minimum atomic E-state index is -0.455. The number of esters is 1. The number of allylic oxidation sites excluding steroid dienone is 2.